The molecule has 2 rings (SSSR count). The van der Waals surface area contributed by atoms with Crippen molar-refractivity contribution in [1.82, 2.24) is 5.32 Å². The van der Waals surface area contributed by atoms with Crippen LogP contribution in [0.2, 0.25) is 5.02 Å². The molecule has 1 aromatic rings. The summed E-state index contributed by atoms with van der Waals surface area (Å²) in [5.74, 6) is -0.0889. The van der Waals surface area contributed by atoms with Gasteiger partial charge < -0.3 is 10.2 Å². The van der Waals surface area contributed by atoms with E-state index in [-0.39, 0.29) is 12.3 Å². The van der Waals surface area contributed by atoms with Crippen molar-refractivity contribution in [3.63, 3.8) is 0 Å². The minimum absolute atomic E-state index is 0.0889. The number of nitriles is 1. The van der Waals surface area contributed by atoms with Gasteiger partial charge in [-0.2, -0.15) is 5.26 Å². The smallest absolute Gasteiger partial charge is 0.243 e. The summed E-state index contributed by atoms with van der Waals surface area (Å²) in [4.78, 5) is 13.9. The molecule has 1 atom stereocenters. The SMILES string of the molecule is N#CCC1C(=O)NCCCN1c1cccc(Cl)c1. The van der Waals surface area contributed by atoms with Gasteiger partial charge in [-0.3, -0.25) is 4.79 Å². The Morgan fingerprint density at radius 1 is 1.56 bits per heavy atom. The molecule has 1 heterocycles. The highest BCUT2D eigenvalue weighted by atomic mass is 35.5. The lowest BCUT2D eigenvalue weighted by Gasteiger charge is -2.29. The van der Waals surface area contributed by atoms with E-state index in [4.69, 9.17) is 16.9 Å². The van der Waals surface area contributed by atoms with Crippen LogP contribution in [0.4, 0.5) is 5.69 Å². The largest absolute Gasteiger partial charge is 0.359 e. The van der Waals surface area contributed by atoms with Crippen LogP contribution in [-0.2, 0) is 4.79 Å². The zero-order valence-electron chi connectivity index (χ0n) is 9.90. The Labute approximate surface area is 111 Å². The first-order valence-electron chi connectivity index (χ1n) is 5.89. The van der Waals surface area contributed by atoms with Crippen molar-refractivity contribution >= 4 is 23.2 Å². The first-order valence-corrected chi connectivity index (χ1v) is 6.27. The number of nitrogens with one attached hydrogen (secondary N) is 1. The van der Waals surface area contributed by atoms with E-state index in [9.17, 15) is 4.79 Å². The second-order valence-electron chi connectivity index (χ2n) is 4.20. The van der Waals surface area contributed by atoms with Gasteiger partial charge in [-0.05, 0) is 24.6 Å². The van der Waals surface area contributed by atoms with Gasteiger partial charge in [-0.15, -0.1) is 0 Å². The zero-order chi connectivity index (χ0) is 13.0. The molecule has 94 valence electrons. The van der Waals surface area contributed by atoms with Crippen LogP contribution in [0.5, 0.6) is 0 Å². The molecule has 1 N–H and O–H groups in total. The normalized spacial score (nSPS) is 19.9. The Morgan fingerprint density at radius 2 is 2.39 bits per heavy atom. The van der Waals surface area contributed by atoms with Crippen LogP contribution in [0.3, 0.4) is 0 Å². The third-order valence-corrected chi connectivity index (χ3v) is 3.21. The summed E-state index contributed by atoms with van der Waals surface area (Å²) >= 11 is 5.97. The first kappa shape index (κ1) is 12.7. The van der Waals surface area contributed by atoms with E-state index >= 15 is 0 Å². The maximum absolute atomic E-state index is 11.9. The van der Waals surface area contributed by atoms with E-state index in [0.717, 1.165) is 18.7 Å². The van der Waals surface area contributed by atoms with Crippen LogP contribution in [0.15, 0.2) is 24.3 Å². The fourth-order valence-corrected chi connectivity index (χ4v) is 2.31. The average molecular weight is 264 g/mol. The van der Waals surface area contributed by atoms with Crippen molar-refractivity contribution in [2.45, 2.75) is 18.9 Å². The standard InChI is InChI=1S/C13H14ClN3O/c14-10-3-1-4-11(9-10)17-8-2-7-16-13(18)12(17)5-6-15/h1,3-4,9,12H,2,5,7-8H2,(H,16,18). The van der Waals surface area contributed by atoms with Gasteiger partial charge in [0.1, 0.15) is 6.04 Å². The number of hydrogen-bond donors (Lipinski definition) is 1. The third-order valence-electron chi connectivity index (χ3n) is 2.98. The van der Waals surface area contributed by atoms with E-state index in [1.54, 1.807) is 6.07 Å². The summed E-state index contributed by atoms with van der Waals surface area (Å²) in [5, 5.41) is 12.3. The van der Waals surface area contributed by atoms with E-state index in [1.807, 2.05) is 23.1 Å². The number of carbonyl (C=O) groups excluding carboxylic acids is 1. The van der Waals surface area contributed by atoms with Crippen LogP contribution in [0, 0.1) is 11.3 Å². The Hall–Kier alpha value is -1.73. The number of carbonyl (C=O) groups is 1. The van der Waals surface area contributed by atoms with Gasteiger partial charge in [0, 0.05) is 23.8 Å². The van der Waals surface area contributed by atoms with Gasteiger partial charge in [-0.1, -0.05) is 17.7 Å². The third kappa shape index (κ3) is 2.74. The molecule has 0 aliphatic carbocycles. The molecule has 0 saturated carbocycles. The molecular formula is C13H14ClN3O. The second-order valence-corrected chi connectivity index (χ2v) is 4.63. The number of hydrogen-bond acceptors (Lipinski definition) is 3. The molecule has 4 nitrogen and oxygen atoms in total. The van der Waals surface area contributed by atoms with E-state index < -0.39 is 6.04 Å². The van der Waals surface area contributed by atoms with Gasteiger partial charge >= 0.3 is 0 Å². The van der Waals surface area contributed by atoms with Crippen LogP contribution in [-0.4, -0.2) is 25.0 Å². The van der Waals surface area contributed by atoms with Crippen molar-refractivity contribution in [3.05, 3.63) is 29.3 Å². The summed E-state index contributed by atoms with van der Waals surface area (Å²) in [6.07, 6.45) is 1.04. The maximum atomic E-state index is 11.9. The Balaban J connectivity index is 2.32. The summed E-state index contributed by atoms with van der Waals surface area (Å²) in [6, 6.07) is 9.02. The lowest BCUT2D eigenvalue weighted by Crippen LogP contribution is -2.44. The fourth-order valence-electron chi connectivity index (χ4n) is 2.13. The molecule has 1 aliphatic heterocycles. The molecule has 1 unspecified atom stereocenters. The van der Waals surface area contributed by atoms with Crippen LogP contribution >= 0.6 is 11.6 Å². The Kier molecular flexibility index (Phi) is 4.06. The van der Waals surface area contributed by atoms with Gasteiger partial charge in [0.15, 0.2) is 0 Å². The molecule has 18 heavy (non-hydrogen) atoms. The summed E-state index contributed by atoms with van der Waals surface area (Å²) in [6.45, 7) is 1.39. The maximum Gasteiger partial charge on any atom is 0.243 e. The summed E-state index contributed by atoms with van der Waals surface area (Å²) in [5.41, 5.74) is 0.889. The monoisotopic (exact) mass is 263 g/mol. The van der Waals surface area contributed by atoms with Crippen molar-refractivity contribution in [2.24, 2.45) is 0 Å². The van der Waals surface area contributed by atoms with Crippen LogP contribution < -0.4 is 10.2 Å². The molecule has 1 fully saturated rings. The van der Waals surface area contributed by atoms with Crippen molar-refractivity contribution in [3.8, 4) is 6.07 Å². The van der Waals surface area contributed by atoms with Crippen LogP contribution in [0.25, 0.3) is 0 Å². The van der Waals surface area contributed by atoms with Gasteiger partial charge in [-0.25, -0.2) is 0 Å². The number of rotatable bonds is 2. The highest BCUT2D eigenvalue weighted by molar-refractivity contribution is 6.30. The highest BCUT2D eigenvalue weighted by Gasteiger charge is 2.28. The quantitative estimate of drug-likeness (QED) is 0.887. The molecule has 5 heteroatoms. The second kappa shape index (κ2) is 5.74. The van der Waals surface area contributed by atoms with Crippen molar-refractivity contribution in [1.29, 1.82) is 5.26 Å². The molecular weight excluding hydrogens is 250 g/mol. The van der Waals surface area contributed by atoms with E-state index in [1.165, 1.54) is 0 Å². The summed E-state index contributed by atoms with van der Waals surface area (Å²) in [7, 11) is 0. The van der Waals surface area contributed by atoms with Gasteiger partial charge in [0.05, 0.1) is 12.5 Å². The fraction of sp³-hybridized carbons (Fsp3) is 0.385. The number of benzene rings is 1. The zero-order valence-corrected chi connectivity index (χ0v) is 10.7. The minimum atomic E-state index is -0.434. The molecule has 1 saturated heterocycles. The first-order chi connectivity index (χ1) is 8.72. The average Bonchev–Trinajstić information content (AvgIpc) is 2.53. The molecule has 0 aromatic heterocycles. The number of nitrogens with zero attached hydrogens (tertiary/aromatic N) is 2. The predicted octanol–water partition coefficient (Wildman–Crippen LogP) is 1.95. The molecule has 1 aliphatic rings. The number of amides is 1. The highest BCUT2D eigenvalue weighted by Crippen LogP contribution is 2.23. The summed E-state index contributed by atoms with van der Waals surface area (Å²) < 4.78 is 0. The molecule has 0 spiro atoms. The minimum Gasteiger partial charge on any atom is -0.359 e. The molecule has 0 radical (unpaired) electrons. The Morgan fingerprint density at radius 3 is 3.11 bits per heavy atom. The topological polar surface area (TPSA) is 56.1 Å². The van der Waals surface area contributed by atoms with Crippen LogP contribution in [0.1, 0.15) is 12.8 Å². The van der Waals surface area contributed by atoms with E-state index in [2.05, 4.69) is 11.4 Å². The Bertz CT molecular complexity index is 483. The molecule has 1 amide bonds. The van der Waals surface area contributed by atoms with Gasteiger partial charge in [0.25, 0.3) is 0 Å². The van der Waals surface area contributed by atoms with Crippen molar-refractivity contribution in [2.75, 3.05) is 18.0 Å². The molecule has 0 bridgehead atoms. The van der Waals surface area contributed by atoms with E-state index in [0.29, 0.717) is 11.6 Å². The lowest BCUT2D eigenvalue weighted by molar-refractivity contribution is -0.121. The molecule has 1 aromatic carbocycles. The van der Waals surface area contributed by atoms with Gasteiger partial charge in [0.2, 0.25) is 5.91 Å². The number of anilines is 1. The van der Waals surface area contributed by atoms with Crippen molar-refractivity contribution < 1.29 is 4.79 Å². The lowest BCUT2D eigenvalue weighted by atomic mass is 10.1. The number of halogens is 1. The predicted molar refractivity (Wildman–Crippen MR) is 70.4 cm³/mol.